The zero-order valence-electron chi connectivity index (χ0n) is 16.2. The highest BCUT2D eigenvalue weighted by Crippen LogP contribution is 2.29. The third-order valence-corrected chi connectivity index (χ3v) is 4.75. The predicted molar refractivity (Wildman–Crippen MR) is 117 cm³/mol. The lowest BCUT2D eigenvalue weighted by molar-refractivity contribution is 0.832. The van der Waals surface area contributed by atoms with Gasteiger partial charge in [-0.1, -0.05) is 48.0 Å². The first-order valence-electron chi connectivity index (χ1n) is 9.41. The number of rotatable bonds is 4. The highest BCUT2D eigenvalue weighted by Gasteiger charge is 2.18. The van der Waals surface area contributed by atoms with Gasteiger partial charge >= 0.3 is 0 Å². The molecular weight excluding hydrogens is 376 g/mol. The van der Waals surface area contributed by atoms with Gasteiger partial charge in [0, 0.05) is 11.3 Å². The molecule has 3 aromatic heterocycles. The molecular formula is C22H18N8. The van der Waals surface area contributed by atoms with E-state index in [0.717, 1.165) is 16.9 Å². The standard InChI is InChI=1S/C22H18N8/c1-14-7-9-15(10-8-14)17-11-12-18(28-27-17)30-22-19(20(23)24-13-25-22)21(29-30)26-16-5-3-2-4-6-16/h2-13H,1H3,(H,26,29)(H2,23,24,25). The number of nitrogens with one attached hydrogen (secondary N) is 1. The molecule has 0 aliphatic heterocycles. The molecule has 0 fully saturated rings. The molecule has 0 bridgehead atoms. The zero-order chi connectivity index (χ0) is 20.5. The molecule has 2 aromatic carbocycles. The van der Waals surface area contributed by atoms with Crippen LogP contribution in [0, 0.1) is 6.92 Å². The molecule has 146 valence electrons. The van der Waals surface area contributed by atoms with Gasteiger partial charge in [0.1, 0.15) is 17.5 Å². The Morgan fingerprint density at radius 1 is 0.867 bits per heavy atom. The SMILES string of the molecule is Cc1ccc(-c2ccc(-n3nc(Nc4ccccc4)c4c(N)ncnc43)nn2)cc1. The summed E-state index contributed by atoms with van der Waals surface area (Å²) in [5.41, 5.74) is 10.6. The van der Waals surface area contributed by atoms with Crippen LogP contribution in [0.15, 0.2) is 73.1 Å². The van der Waals surface area contributed by atoms with Crippen LogP contribution in [0.2, 0.25) is 0 Å². The Labute approximate surface area is 172 Å². The van der Waals surface area contributed by atoms with Crippen molar-refractivity contribution in [1.82, 2.24) is 29.9 Å². The molecule has 3 N–H and O–H groups in total. The fraction of sp³-hybridized carbons (Fsp3) is 0.0455. The monoisotopic (exact) mass is 394 g/mol. The van der Waals surface area contributed by atoms with Crippen molar-refractivity contribution in [1.29, 1.82) is 0 Å². The number of para-hydroxylation sites is 1. The summed E-state index contributed by atoms with van der Waals surface area (Å²) < 4.78 is 1.62. The van der Waals surface area contributed by atoms with Crippen molar-refractivity contribution >= 4 is 28.4 Å². The molecule has 0 saturated heterocycles. The van der Waals surface area contributed by atoms with Gasteiger partial charge in [-0.05, 0) is 31.2 Å². The van der Waals surface area contributed by atoms with Gasteiger partial charge in [-0.15, -0.1) is 15.3 Å². The van der Waals surface area contributed by atoms with Crippen LogP contribution in [0.4, 0.5) is 17.3 Å². The van der Waals surface area contributed by atoms with Crippen LogP contribution < -0.4 is 11.1 Å². The van der Waals surface area contributed by atoms with Crippen molar-refractivity contribution in [3.63, 3.8) is 0 Å². The van der Waals surface area contributed by atoms with Crippen LogP contribution in [0.1, 0.15) is 5.56 Å². The van der Waals surface area contributed by atoms with Crippen molar-refractivity contribution in [2.75, 3.05) is 11.1 Å². The van der Waals surface area contributed by atoms with Crippen LogP contribution in [0.3, 0.4) is 0 Å². The minimum absolute atomic E-state index is 0.342. The number of hydrogen-bond donors (Lipinski definition) is 2. The summed E-state index contributed by atoms with van der Waals surface area (Å²) in [6.45, 7) is 2.05. The van der Waals surface area contributed by atoms with Gasteiger partial charge in [0.25, 0.3) is 0 Å². The first kappa shape index (κ1) is 17.7. The number of fused-ring (bicyclic) bond motifs is 1. The molecule has 0 unspecified atom stereocenters. The van der Waals surface area contributed by atoms with E-state index in [4.69, 9.17) is 5.73 Å². The Hall–Kier alpha value is -4.33. The van der Waals surface area contributed by atoms with Crippen LogP contribution >= 0.6 is 0 Å². The molecule has 30 heavy (non-hydrogen) atoms. The fourth-order valence-electron chi connectivity index (χ4n) is 3.20. The van der Waals surface area contributed by atoms with E-state index < -0.39 is 0 Å². The topological polar surface area (TPSA) is 107 Å². The van der Waals surface area contributed by atoms with Gasteiger partial charge in [-0.25, -0.2) is 9.97 Å². The first-order valence-corrected chi connectivity index (χ1v) is 9.41. The van der Waals surface area contributed by atoms with Gasteiger partial charge in [0.05, 0.1) is 5.69 Å². The molecule has 0 atom stereocenters. The second-order valence-electron chi connectivity index (χ2n) is 6.85. The van der Waals surface area contributed by atoms with Crippen molar-refractivity contribution in [2.24, 2.45) is 0 Å². The van der Waals surface area contributed by atoms with E-state index in [1.165, 1.54) is 11.9 Å². The lowest BCUT2D eigenvalue weighted by Crippen LogP contribution is -2.03. The number of nitrogens with zero attached hydrogens (tertiary/aromatic N) is 6. The number of anilines is 3. The molecule has 0 amide bonds. The van der Waals surface area contributed by atoms with Gasteiger partial charge in [0.2, 0.25) is 0 Å². The van der Waals surface area contributed by atoms with Crippen LogP contribution in [-0.2, 0) is 0 Å². The lowest BCUT2D eigenvalue weighted by Gasteiger charge is -2.04. The molecule has 0 spiro atoms. The molecule has 8 nitrogen and oxygen atoms in total. The van der Waals surface area contributed by atoms with E-state index in [0.29, 0.717) is 28.5 Å². The van der Waals surface area contributed by atoms with E-state index in [2.05, 4.69) is 37.5 Å². The second kappa shape index (κ2) is 7.25. The van der Waals surface area contributed by atoms with Gasteiger partial charge in [0.15, 0.2) is 17.3 Å². The molecule has 8 heteroatoms. The summed E-state index contributed by atoms with van der Waals surface area (Å²) in [4.78, 5) is 8.49. The largest absolute Gasteiger partial charge is 0.383 e. The zero-order valence-corrected chi connectivity index (χ0v) is 16.2. The molecule has 5 aromatic rings. The summed E-state index contributed by atoms with van der Waals surface area (Å²) in [6, 6.07) is 21.6. The number of aromatic nitrogens is 6. The quantitative estimate of drug-likeness (QED) is 0.476. The Bertz CT molecular complexity index is 1310. The summed E-state index contributed by atoms with van der Waals surface area (Å²) in [7, 11) is 0. The van der Waals surface area contributed by atoms with Crippen LogP contribution in [0.5, 0.6) is 0 Å². The molecule has 0 radical (unpaired) electrons. The molecule has 0 aliphatic rings. The number of hydrogen-bond acceptors (Lipinski definition) is 7. The smallest absolute Gasteiger partial charge is 0.178 e. The van der Waals surface area contributed by atoms with Gasteiger partial charge in [-0.3, -0.25) is 0 Å². The number of benzene rings is 2. The molecule has 3 heterocycles. The second-order valence-corrected chi connectivity index (χ2v) is 6.85. The summed E-state index contributed by atoms with van der Waals surface area (Å²) in [6.07, 6.45) is 1.41. The van der Waals surface area contributed by atoms with Crippen molar-refractivity contribution in [2.45, 2.75) is 6.92 Å². The maximum Gasteiger partial charge on any atom is 0.178 e. The van der Waals surface area contributed by atoms with E-state index >= 15 is 0 Å². The Balaban J connectivity index is 1.57. The van der Waals surface area contributed by atoms with E-state index in [1.807, 2.05) is 66.7 Å². The highest BCUT2D eigenvalue weighted by molar-refractivity contribution is 5.97. The number of nitrogens with two attached hydrogens (primary N) is 1. The summed E-state index contributed by atoms with van der Waals surface area (Å²) >= 11 is 0. The fourth-order valence-corrected chi connectivity index (χ4v) is 3.20. The predicted octanol–water partition coefficient (Wildman–Crippen LogP) is 3.91. The van der Waals surface area contributed by atoms with Gasteiger partial charge < -0.3 is 11.1 Å². The van der Waals surface area contributed by atoms with E-state index in [1.54, 1.807) is 4.68 Å². The highest BCUT2D eigenvalue weighted by atomic mass is 15.4. The maximum absolute atomic E-state index is 6.13. The maximum atomic E-state index is 6.13. The van der Waals surface area contributed by atoms with E-state index in [9.17, 15) is 0 Å². The molecule has 0 aliphatic carbocycles. The number of nitrogen functional groups attached to an aromatic ring is 1. The Morgan fingerprint density at radius 2 is 1.67 bits per heavy atom. The minimum atomic E-state index is 0.342. The average Bonchev–Trinajstić information content (AvgIpc) is 3.15. The van der Waals surface area contributed by atoms with Crippen molar-refractivity contribution in [3.8, 4) is 17.1 Å². The van der Waals surface area contributed by atoms with E-state index in [-0.39, 0.29) is 0 Å². The third kappa shape index (κ3) is 3.20. The molecule has 0 saturated carbocycles. The first-order chi connectivity index (χ1) is 14.7. The van der Waals surface area contributed by atoms with Crippen LogP contribution in [-0.4, -0.2) is 29.9 Å². The molecule has 5 rings (SSSR count). The average molecular weight is 394 g/mol. The number of aryl methyl sites for hydroxylation is 1. The third-order valence-electron chi connectivity index (χ3n) is 4.75. The Kier molecular flexibility index (Phi) is 4.29. The van der Waals surface area contributed by atoms with Crippen LogP contribution in [0.25, 0.3) is 28.1 Å². The van der Waals surface area contributed by atoms with Gasteiger partial charge in [-0.2, -0.15) is 4.68 Å². The minimum Gasteiger partial charge on any atom is -0.383 e. The lowest BCUT2D eigenvalue weighted by atomic mass is 10.1. The summed E-state index contributed by atoms with van der Waals surface area (Å²) in [5, 5.41) is 17.3. The summed E-state index contributed by atoms with van der Waals surface area (Å²) in [5.74, 6) is 1.43. The van der Waals surface area contributed by atoms with Crippen molar-refractivity contribution in [3.05, 3.63) is 78.6 Å². The van der Waals surface area contributed by atoms with Crippen molar-refractivity contribution < 1.29 is 0 Å². The Morgan fingerprint density at radius 3 is 2.40 bits per heavy atom. The normalized spacial score (nSPS) is 11.0.